The fourth-order valence-electron chi connectivity index (χ4n) is 2.80. The molecule has 1 aliphatic carbocycles. The van der Waals surface area contributed by atoms with Gasteiger partial charge in [0, 0.05) is 18.7 Å². The quantitative estimate of drug-likeness (QED) is 0.482. The number of nitrogens with zero attached hydrogens (tertiary/aromatic N) is 1. The van der Waals surface area contributed by atoms with Gasteiger partial charge in [0.05, 0.1) is 4.92 Å². The Kier molecular flexibility index (Phi) is 4.87. The minimum Gasteiger partial charge on any atom is -0.379 e. The molecule has 1 aromatic rings. The Morgan fingerprint density at radius 3 is 2.65 bits per heavy atom. The molecule has 1 N–H and O–H groups in total. The second-order valence-electron chi connectivity index (χ2n) is 5.26. The van der Waals surface area contributed by atoms with E-state index >= 15 is 0 Å². The molecule has 4 nitrogen and oxygen atoms in total. The van der Waals surface area contributed by atoms with E-state index in [4.69, 9.17) is 0 Å². The molecule has 0 radical (unpaired) electrons. The number of halogens is 2. The molecule has 0 bridgehead atoms. The molecule has 0 unspecified atom stereocenters. The van der Waals surface area contributed by atoms with Crippen LogP contribution < -0.4 is 5.32 Å². The topological polar surface area (TPSA) is 55.2 Å². The van der Waals surface area contributed by atoms with Crippen LogP contribution in [0.3, 0.4) is 0 Å². The fourth-order valence-corrected chi connectivity index (χ4v) is 2.80. The largest absolute Gasteiger partial charge is 0.379 e. The highest BCUT2D eigenvalue weighted by atomic mass is 19.1. The Balaban J connectivity index is 1.92. The summed E-state index contributed by atoms with van der Waals surface area (Å²) in [5.74, 6) is -1.23. The maximum absolute atomic E-state index is 13.4. The Morgan fingerprint density at radius 1 is 1.30 bits per heavy atom. The highest BCUT2D eigenvalue weighted by molar-refractivity contribution is 5.62. The van der Waals surface area contributed by atoms with Crippen molar-refractivity contribution < 1.29 is 13.7 Å². The van der Waals surface area contributed by atoms with Crippen molar-refractivity contribution >= 4 is 11.4 Å². The number of nitro groups is 1. The summed E-state index contributed by atoms with van der Waals surface area (Å²) < 4.78 is 26.5. The van der Waals surface area contributed by atoms with E-state index in [0.717, 1.165) is 24.8 Å². The summed E-state index contributed by atoms with van der Waals surface area (Å²) in [4.78, 5) is 9.97. The zero-order valence-corrected chi connectivity index (χ0v) is 11.2. The maximum atomic E-state index is 13.4. The minimum absolute atomic E-state index is 0.0843. The molecule has 0 amide bonds. The molecule has 0 aliphatic heterocycles. The van der Waals surface area contributed by atoms with Crippen LogP contribution in [0.15, 0.2) is 12.1 Å². The van der Waals surface area contributed by atoms with E-state index in [1.807, 2.05) is 0 Å². The first-order valence-electron chi connectivity index (χ1n) is 6.95. The van der Waals surface area contributed by atoms with Gasteiger partial charge in [0.15, 0.2) is 0 Å². The third-order valence-electron chi connectivity index (χ3n) is 3.79. The van der Waals surface area contributed by atoms with Gasteiger partial charge in [0.25, 0.3) is 0 Å². The molecular weight excluding hydrogens is 266 g/mol. The van der Waals surface area contributed by atoms with Crippen molar-refractivity contribution in [1.29, 1.82) is 0 Å². The van der Waals surface area contributed by atoms with Crippen LogP contribution >= 0.6 is 0 Å². The lowest BCUT2D eigenvalue weighted by Crippen LogP contribution is -2.07. The van der Waals surface area contributed by atoms with Gasteiger partial charge in [-0.25, -0.2) is 4.39 Å². The van der Waals surface area contributed by atoms with Crippen LogP contribution in [0.25, 0.3) is 0 Å². The molecule has 6 heteroatoms. The van der Waals surface area contributed by atoms with Gasteiger partial charge in [-0.3, -0.25) is 10.1 Å². The monoisotopic (exact) mass is 284 g/mol. The second-order valence-corrected chi connectivity index (χ2v) is 5.26. The van der Waals surface area contributed by atoms with E-state index in [-0.39, 0.29) is 5.69 Å². The lowest BCUT2D eigenvalue weighted by molar-refractivity contribution is -0.386. The molecule has 1 saturated carbocycles. The summed E-state index contributed by atoms with van der Waals surface area (Å²) in [5, 5.41) is 13.6. The highest BCUT2D eigenvalue weighted by Gasteiger charge is 2.22. The first kappa shape index (κ1) is 14.7. The normalized spacial score (nSPS) is 15.5. The van der Waals surface area contributed by atoms with Gasteiger partial charge in [0.2, 0.25) is 5.82 Å². The van der Waals surface area contributed by atoms with Crippen molar-refractivity contribution in [1.82, 2.24) is 0 Å². The van der Waals surface area contributed by atoms with Crippen molar-refractivity contribution in [2.24, 2.45) is 5.92 Å². The van der Waals surface area contributed by atoms with E-state index in [1.165, 1.54) is 25.7 Å². The van der Waals surface area contributed by atoms with Crippen molar-refractivity contribution in [2.45, 2.75) is 38.5 Å². The van der Waals surface area contributed by atoms with Crippen LogP contribution in [0.2, 0.25) is 0 Å². The number of nitro benzene ring substituents is 1. The van der Waals surface area contributed by atoms with Crippen LogP contribution in [-0.4, -0.2) is 11.5 Å². The number of anilines is 1. The Morgan fingerprint density at radius 2 is 2.00 bits per heavy atom. The van der Waals surface area contributed by atoms with Crippen molar-refractivity contribution in [3.8, 4) is 0 Å². The van der Waals surface area contributed by atoms with Gasteiger partial charge in [-0.2, -0.15) is 4.39 Å². The smallest absolute Gasteiger partial charge is 0.327 e. The summed E-state index contributed by atoms with van der Waals surface area (Å²) in [6.07, 6.45) is 6.94. The standard InChI is InChI=1S/C14H18F2N2O2/c15-11-8-12(16)14(18(19)20)13(9-11)17-7-3-6-10-4-1-2-5-10/h8-10,17H,1-7H2. The summed E-state index contributed by atoms with van der Waals surface area (Å²) in [6.45, 7) is 0.486. The lowest BCUT2D eigenvalue weighted by Gasteiger charge is -2.10. The van der Waals surface area contributed by atoms with E-state index in [1.54, 1.807) is 0 Å². The molecule has 2 rings (SSSR count). The SMILES string of the molecule is O=[N+]([O-])c1c(F)cc(F)cc1NCCCC1CCCC1. The van der Waals surface area contributed by atoms with Gasteiger partial charge >= 0.3 is 5.69 Å². The Bertz CT molecular complexity index is 488. The molecular formula is C14H18F2N2O2. The average molecular weight is 284 g/mol. The number of hydrogen-bond donors (Lipinski definition) is 1. The average Bonchev–Trinajstić information content (AvgIpc) is 2.86. The molecule has 110 valence electrons. The molecule has 0 aromatic heterocycles. The van der Waals surface area contributed by atoms with Crippen molar-refractivity contribution in [3.63, 3.8) is 0 Å². The third-order valence-corrected chi connectivity index (χ3v) is 3.79. The van der Waals surface area contributed by atoms with Crippen LogP contribution in [-0.2, 0) is 0 Å². The Hall–Kier alpha value is -1.72. The predicted octanol–water partition coefficient (Wildman–Crippen LogP) is 4.26. The van der Waals surface area contributed by atoms with Crippen molar-refractivity contribution in [2.75, 3.05) is 11.9 Å². The third kappa shape index (κ3) is 3.65. The number of hydrogen-bond acceptors (Lipinski definition) is 3. The fraction of sp³-hybridized carbons (Fsp3) is 0.571. The van der Waals surface area contributed by atoms with Gasteiger partial charge in [-0.1, -0.05) is 25.7 Å². The number of benzene rings is 1. The van der Waals surface area contributed by atoms with Crippen LogP contribution in [0, 0.1) is 27.7 Å². The van der Waals surface area contributed by atoms with E-state index < -0.39 is 22.2 Å². The van der Waals surface area contributed by atoms with Crippen LogP contribution in [0.4, 0.5) is 20.2 Å². The predicted molar refractivity (Wildman–Crippen MR) is 72.7 cm³/mol. The minimum atomic E-state index is -1.15. The van der Waals surface area contributed by atoms with Crippen LogP contribution in [0.5, 0.6) is 0 Å². The molecule has 20 heavy (non-hydrogen) atoms. The lowest BCUT2D eigenvalue weighted by atomic mass is 10.0. The first-order valence-corrected chi connectivity index (χ1v) is 6.95. The first-order chi connectivity index (χ1) is 9.58. The second kappa shape index (κ2) is 6.63. The van der Waals surface area contributed by atoms with E-state index in [0.29, 0.717) is 12.6 Å². The van der Waals surface area contributed by atoms with Gasteiger partial charge in [0.1, 0.15) is 11.5 Å². The zero-order valence-electron chi connectivity index (χ0n) is 11.2. The summed E-state index contributed by atoms with van der Waals surface area (Å²) >= 11 is 0. The Labute approximate surface area is 116 Å². The van der Waals surface area contributed by atoms with Gasteiger partial charge in [-0.15, -0.1) is 0 Å². The molecule has 0 spiro atoms. The molecule has 0 heterocycles. The summed E-state index contributed by atoms with van der Waals surface area (Å²) in [6, 6.07) is 1.50. The number of nitrogens with one attached hydrogen (secondary N) is 1. The molecule has 0 saturated heterocycles. The van der Waals surface area contributed by atoms with Gasteiger partial charge in [-0.05, 0) is 18.8 Å². The van der Waals surface area contributed by atoms with Crippen LogP contribution in [0.1, 0.15) is 38.5 Å². The maximum Gasteiger partial charge on any atom is 0.327 e. The zero-order chi connectivity index (χ0) is 14.5. The molecule has 0 atom stereocenters. The van der Waals surface area contributed by atoms with E-state index in [9.17, 15) is 18.9 Å². The molecule has 1 aliphatic rings. The molecule has 1 aromatic carbocycles. The summed E-state index contributed by atoms with van der Waals surface area (Å²) in [7, 11) is 0. The summed E-state index contributed by atoms with van der Waals surface area (Å²) in [5.41, 5.74) is -0.772. The molecule has 1 fully saturated rings. The van der Waals surface area contributed by atoms with E-state index in [2.05, 4.69) is 5.32 Å². The number of rotatable bonds is 6. The van der Waals surface area contributed by atoms with Gasteiger partial charge < -0.3 is 5.32 Å². The highest BCUT2D eigenvalue weighted by Crippen LogP contribution is 2.30. The van der Waals surface area contributed by atoms with Crippen molar-refractivity contribution in [3.05, 3.63) is 33.9 Å².